The van der Waals surface area contributed by atoms with Crippen LogP contribution >= 0.6 is 0 Å². The molecule has 0 spiro atoms. The maximum atomic E-state index is 11.8. The van der Waals surface area contributed by atoms with Crippen LogP contribution in [0.5, 0.6) is 0 Å². The van der Waals surface area contributed by atoms with Crippen LogP contribution < -0.4 is 0 Å². The smallest absolute Gasteiger partial charge is 0.331 e. The van der Waals surface area contributed by atoms with E-state index in [2.05, 4.69) is 20.8 Å². The van der Waals surface area contributed by atoms with Gasteiger partial charge in [-0.25, -0.2) is 4.79 Å². The van der Waals surface area contributed by atoms with Gasteiger partial charge in [0.1, 0.15) is 5.78 Å². The molecule has 2 atom stereocenters. The van der Waals surface area contributed by atoms with Gasteiger partial charge in [-0.05, 0) is 37.0 Å². The number of carbonyl (C=O) groups is 2. The van der Waals surface area contributed by atoms with Gasteiger partial charge >= 0.3 is 5.97 Å². The van der Waals surface area contributed by atoms with E-state index in [1.54, 1.807) is 0 Å². The van der Waals surface area contributed by atoms with E-state index in [1.807, 2.05) is 6.08 Å². The third-order valence-electron chi connectivity index (χ3n) is 3.72. The van der Waals surface area contributed by atoms with Crippen molar-refractivity contribution >= 4 is 11.8 Å². The number of allylic oxidation sites excluding steroid dienone is 1. The first-order valence-corrected chi connectivity index (χ1v) is 6.84. The van der Waals surface area contributed by atoms with Crippen molar-refractivity contribution in [2.45, 2.75) is 52.9 Å². The van der Waals surface area contributed by atoms with Gasteiger partial charge in [0.15, 0.2) is 0 Å². The van der Waals surface area contributed by atoms with E-state index in [4.69, 9.17) is 5.11 Å². The minimum atomic E-state index is -0.794. The van der Waals surface area contributed by atoms with E-state index >= 15 is 0 Å². The standard InChI is InChI=1S/C15H24O3/c1-10(2)8-14(16)9-11(3)12-4-6-13(7-5-12)15(17)18/h6,10-12H,4-5,7-9H2,1-3H3,(H,17,18)/t11-,12+/m0/s1. The lowest BCUT2D eigenvalue weighted by molar-refractivity contribution is -0.133. The van der Waals surface area contributed by atoms with Gasteiger partial charge in [-0.3, -0.25) is 4.79 Å². The van der Waals surface area contributed by atoms with Crippen LogP contribution in [-0.4, -0.2) is 16.9 Å². The molecule has 18 heavy (non-hydrogen) atoms. The Morgan fingerprint density at radius 1 is 1.33 bits per heavy atom. The Balaban J connectivity index is 2.43. The monoisotopic (exact) mass is 252 g/mol. The van der Waals surface area contributed by atoms with Crippen molar-refractivity contribution in [2.24, 2.45) is 17.8 Å². The largest absolute Gasteiger partial charge is 0.478 e. The van der Waals surface area contributed by atoms with Crippen LogP contribution in [-0.2, 0) is 9.59 Å². The van der Waals surface area contributed by atoms with Gasteiger partial charge < -0.3 is 5.11 Å². The van der Waals surface area contributed by atoms with Crippen LogP contribution in [0.1, 0.15) is 52.9 Å². The summed E-state index contributed by atoms with van der Waals surface area (Å²) in [6.07, 6.45) is 5.47. The van der Waals surface area contributed by atoms with Crippen molar-refractivity contribution in [3.63, 3.8) is 0 Å². The zero-order chi connectivity index (χ0) is 13.7. The number of hydrogen-bond acceptors (Lipinski definition) is 2. The summed E-state index contributed by atoms with van der Waals surface area (Å²) in [5, 5.41) is 8.89. The van der Waals surface area contributed by atoms with Gasteiger partial charge in [-0.15, -0.1) is 0 Å². The zero-order valence-corrected chi connectivity index (χ0v) is 11.6. The first-order chi connectivity index (χ1) is 8.40. The molecule has 1 rings (SSSR count). The molecule has 0 aromatic heterocycles. The third-order valence-corrected chi connectivity index (χ3v) is 3.72. The van der Waals surface area contributed by atoms with E-state index in [0.29, 0.717) is 48.4 Å². The van der Waals surface area contributed by atoms with Gasteiger partial charge in [-0.2, -0.15) is 0 Å². The highest BCUT2D eigenvalue weighted by molar-refractivity contribution is 5.86. The molecular formula is C15H24O3. The molecule has 1 aliphatic carbocycles. The summed E-state index contributed by atoms with van der Waals surface area (Å²) in [4.78, 5) is 22.6. The molecule has 3 nitrogen and oxygen atoms in total. The average molecular weight is 252 g/mol. The Bertz CT molecular complexity index is 342. The van der Waals surface area contributed by atoms with E-state index in [0.717, 1.165) is 12.8 Å². The predicted molar refractivity (Wildman–Crippen MR) is 71.3 cm³/mol. The van der Waals surface area contributed by atoms with Crippen molar-refractivity contribution in [1.82, 2.24) is 0 Å². The Morgan fingerprint density at radius 2 is 2.00 bits per heavy atom. The van der Waals surface area contributed by atoms with Crippen LogP contribution in [0.25, 0.3) is 0 Å². The van der Waals surface area contributed by atoms with E-state index in [9.17, 15) is 9.59 Å². The first kappa shape index (κ1) is 14.9. The highest BCUT2D eigenvalue weighted by atomic mass is 16.4. The molecule has 102 valence electrons. The summed E-state index contributed by atoms with van der Waals surface area (Å²) in [6, 6.07) is 0. The van der Waals surface area contributed by atoms with Gasteiger partial charge in [-0.1, -0.05) is 26.8 Å². The van der Waals surface area contributed by atoms with Gasteiger partial charge in [0.2, 0.25) is 0 Å². The number of carboxylic acids is 1. The minimum Gasteiger partial charge on any atom is -0.478 e. The number of carboxylic acid groups (broad SMARTS) is 1. The second kappa shape index (κ2) is 6.72. The van der Waals surface area contributed by atoms with Crippen LogP contribution in [0, 0.1) is 17.8 Å². The van der Waals surface area contributed by atoms with Crippen LogP contribution in [0.4, 0.5) is 0 Å². The summed E-state index contributed by atoms with van der Waals surface area (Å²) in [5.74, 6) is 0.795. The summed E-state index contributed by atoms with van der Waals surface area (Å²) in [5.41, 5.74) is 0.534. The summed E-state index contributed by atoms with van der Waals surface area (Å²) >= 11 is 0. The maximum Gasteiger partial charge on any atom is 0.331 e. The Hall–Kier alpha value is -1.12. The second-order valence-electron chi connectivity index (χ2n) is 5.89. The number of ketones is 1. The van der Waals surface area contributed by atoms with Gasteiger partial charge in [0.05, 0.1) is 0 Å². The fraction of sp³-hybridized carbons (Fsp3) is 0.733. The fourth-order valence-corrected chi connectivity index (χ4v) is 2.63. The second-order valence-corrected chi connectivity index (χ2v) is 5.89. The predicted octanol–water partition coefficient (Wildman–Crippen LogP) is 3.44. The van der Waals surface area contributed by atoms with Gasteiger partial charge in [0.25, 0.3) is 0 Å². The summed E-state index contributed by atoms with van der Waals surface area (Å²) in [6.45, 7) is 6.23. The maximum absolute atomic E-state index is 11.8. The molecule has 1 aliphatic rings. The van der Waals surface area contributed by atoms with Crippen molar-refractivity contribution in [3.05, 3.63) is 11.6 Å². The Labute approximate surface area is 109 Å². The summed E-state index contributed by atoms with van der Waals surface area (Å²) in [7, 11) is 0. The number of Topliss-reactive ketones (excluding diaryl/α,β-unsaturated/α-hetero) is 1. The molecule has 0 saturated carbocycles. The molecule has 0 aliphatic heterocycles. The quantitative estimate of drug-likeness (QED) is 0.787. The molecule has 0 heterocycles. The average Bonchev–Trinajstić information content (AvgIpc) is 2.27. The molecule has 1 N–H and O–H groups in total. The van der Waals surface area contributed by atoms with E-state index < -0.39 is 5.97 Å². The molecule has 0 aromatic rings. The Kier molecular flexibility index (Phi) is 5.57. The van der Waals surface area contributed by atoms with Gasteiger partial charge in [0, 0.05) is 18.4 Å². The van der Waals surface area contributed by atoms with Crippen LogP contribution in [0.3, 0.4) is 0 Å². The number of rotatable bonds is 6. The first-order valence-electron chi connectivity index (χ1n) is 6.84. The van der Waals surface area contributed by atoms with Crippen LogP contribution in [0.2, 0.25) is 0 Å². The normalized spacial score (nSPS) is 21.6. The molecule has 0 fully saturated rings. The topological polar surface area (TPSA) is 54.4 Å². The van der Waals surface area contributed by atoms with Crippen molar-refractivity contribution in [2.75, 3.05) is 0 Å². The molecule has 0 amide bonds. The molecule has 0 unspecified atom stereocenters. The summed E-state index contributed by atoms with van der Waals surface area (Å²) < 4.78 is 0. The molecular weight excluding hydrogens is 228 g/mol. The van der Waals surface area contributed by atoms with Crippen molar-refractivity contribution in [1.29, 1.82) is 0 Å². The number of hydrogen-bond donors (Lipinski definition) is 1. The van der Waals surface area contributed by atoms with Crippen molar-refractivity contribution < 1.29 is 14.7 Å². The molecule has 0 radical (unpaired) electrons. The Morgan fingerprint density at radius 3 is 2.44 bits per heavy atom. The molecule has 3 heteroatoms. The highest BCUT2D eigenvalue weighted by Crippen LogP contribution is 2.31. The fourth-order valence-electron chi connectivity index (χ4n) is 2.63. The number of aliphatic carboxylic acids is 1. The lowest BCUT2D eigenvalue weighted by Crippen LogP contribution is -2.20. The molecule has 0 aromatic carbocycles. The molecule has 0 saturated heterocycles. The van der Waals surface area contributed by atoms with Crippen molar-refractivity contribution in [3.8, 4) is 0 Å². The lowest BCUT2D eigenvalue weighted by Gasteiger charge is -2.26. The lowest BCUT2D eigenvalue weighted by atomic mass is 9.79. The molecule has 0 bridgehead atoms. The SMILES string of the molecule is CC(C)CC(=O)C[C@H](C)[C@@H]1CC=C(C(=O)O)CC1. The minimum absolute atomic E-state index is 0.338. The zero-order valence-electron chi connectivity index (χ0n) is 11.6. The van der Waals surface area contributed by atoms with E-state index in [1.165, 1.54) is 0 Å². The van der Waals surface area contributed by atoms with Crippen LogP contribution in [0.15, 0.2) is 11.6 Å². The number of carbonyl (C=O) groups excluding carboxylic acids is 1. The third kappa shape index (κ3) is 4.63. The van der Waals surface area contributed by atoms with E-state index in [-0.39, 0.29) is 0 Å². The highest BCUT2D eigenvalue weighted by Gasteiger charge is 2.24.